The van der Waals surface area contributed by atoms with Gasteiger partial charge in [-0.3, -0.25) is 9.59 Å². The van der Waals surface area contributed by atoms with Crippen molar-refractivity contribution in [2.45, 2.75) is 78.7 Å². The molecule has 0 amide bonds. The SMILES string of the molecule is CCCCCC(CC)c1c2n(c3cc(C(C)=O)ccc13)CC(C(C)=O)Cc1ccccc1-2. The van der Waals surface area contributed by atoms with E-state index in [-0.39, 0.29) is 17.5 Å². The molecule has 0 aliphatic carbocycles. The van der Waals surface area contributed by atoms with Gasteiger partial charge in [0.1, 0.15) is 5.78 Å². The fourth-order valence-corrected chi connectivity index (χ4v) is 5.43. The highest BCUT2D eigenvalue weighted by Gasteiger charge is 2.30. The van der Waals surface area contributed by atoms with Crippen LogP contribution in [0.15, 0.2) is 42.5 Å². The van der Waals surface area contributed by atoms with E-state index in [0.717, 1.165) is 23.9 Å². The highest BCUT2D eigenvalue weighted by Crippen LogP contribution is 2.45. The smallest absolute Gasteiger partial charge is 0.159 e. The van der Waals surface area contributed by atoms with Crippen LogP contribution in [0.5, 0.6) is 0 Å². The van der Waals surface area contributed by atoms with Gasteiger partial charge in [0.05, 0.1) is 5.69 Å². The average Bonchev–Trinajstić information content (AvgIpc) is 2.98. The number of ketones is 2. The van der Waals surface area contributed by atoms with Gasteiger partial charge >= 0.3 is 0 Å². The molecule has 0 N–H and O–H groups in total. The van der Waals surface area contributed by atoms with Crippen LogP contribution in [-0.2, 0) is 17.8 Å². The van der Waals surface area contributed by atoms with Crippen molar-refractivity contribution in [3.63, 3.8) is 0 Å². The van der Waals surface area contributed by atoms with Crippen LogP contribution in [0, 0.1) is 5.92 Å². The van der Waals surface area contributed by atoms with Gasteiger partial charge in [0.15, 0.2) is 5.78 Å². The molecule has 1 aliphatic rings. The molecule has 3 aromatic rings. The minimum atomic E-state index is -0.0537. The third-order valence-corrected chi connectivity index (χ3v) is 7.28. The number of carbonyl (C=O) groups excluding carboxylic acids is 2. The number of benzene rings is 2. The number of nitrogens with zero attached hydrogens (tertiary/aromatic N) is 1. The Bertz CT molecular complexity index is 1150. The monoisotopic (exact) mass is 429 g/mol. The standard InChI is InChI=1S/C29H35NO2/c1-5-7-8-11-21(6-2)28-26-15-14-22(19(3)31)17-27(26)30-18-24(20(4)32)16-23-12-9-10-13-25(23)29(28)30/h9-10,12-15,17,21,24H,5-8,11,16,18H2,1-4H3. The summed E-state index contributed by atoms with van der Waals surface area (Å²) in [6.07, 6.45) is 6.72. The molecule has 168 valence electrons. The fraction of sp³-hybridized carbons (Fsp3) is 0.448. The average molecular weight is 430 g/mol. The number of Topliss-reactive ketones (excluding diaryl/α,β-unsaturated/α-hetero) is 2. The number of carbonyl (C=O) groups is 2. The van der Waals surface area contributed by atoms with Crippen LogP contribution in [0.2, 0.25) is 0 Å². The van der Waals surface area contributed by atoms with E-state index < -0.39 is 0 Å². The normalized spacial score (nSPS) is 16.3. The predicted molar refractivity (Wildman–Crippen MR) is 132 cm³/mol. The summed E-state index contributed by atoms with van der Waals surface area (Å²) in [7, 11) is 0. The third kappa shape index (κ3) is 4.05. The molecule has 2 aromatic carbocycles. The number of hydrogen-bond acceptors (Lipinski definition) is 2. The van der Waals surface area contributed by atoms with Gasteiger partial charge in [0, 0.05) is 34.5 Å². The molecule has 3 heteroatoms. The highest BCUT2D eigenvalue weighted by atomic mass is 16.1. The number of unbranched alkanes of at least 4 members (excludes halogenated alkanes) is 2. The maximum atomic E-state index is 12.6. The lowest BCUT2D eigenvalue weighted by molar-refractivity contribution is -0.121. The molecule has 0 fully saturated rings. The van der Waals surface area contributed by atoms with Gasteiger partial charge in [0.25, 0.3) is 0 Å². The summed E-state index contributed by atoms with van der Waals surface area (Å²) in [5.41, 5.74) is 7.01. The van der Waals surface area contributed by atoms with Crippen LogP contribution < -0.4 is 0 Å². The number of aromatic nitrogens is 1. The van der Waals surface area contributed by atoms with Crippen molar-refractivity contribution in [1.29, 1.82) is 0 Å². The lowest BCUT2D eigenvalue weighted by atomic mass is 9.85. The zero-order valence-corrected chi connectivity index (χ0v) is 19.9. The fourth-order valence-electron chi connectivity index (χ4n) is 5.43. The highest BCUT2D eigenvalue weighted by molar-refractivity contribution is 6.01. The van der Waals surface area contributed by atoms with Crippen molar-refractivity contribution in [3.05, 3.63) is 59.2 Å². The maximum Gasteiger partial charge on any atom is 0.159 e. The van der Waals surface area contributed by atoms with Gasteiger partial charge in [-0.15, -0.1) is 0 Å². The van der Waals surface area contributed by atoms with E-state index in [4.69, 9.17) is 0 Å². The molecule has 1 aromatic heterocycles. The Morgan fingerprint density at radius 3 is 2.53 bits per heavy atom. The second kappa shape index (κ2) is 9.44. The first-order chi connectivity index (χ1) is 15.5. The molecular weight excluding hydrogens is 394 g/mol. The summed E-state index contributed by atoms with van der Waals surface area (Å²) in [6.45, 7) is 8.55. The molecule has 1 aliphatic heterocycles. The van der Waals surface area contributed by atoms with Crippen LogP contribution >= 0.6 is 0 Å². The lowest BCUT2D eigenvalue weighted by Gasteiger charge is -2.19. The van der Waals surface area contributed by atoms with Gasteiger partial charge in [-0.05, 0) is 56.2 Å². The van der Waals surface area contributed by atoms with Gasteiger partial charge in [0.2, 0.25) is 0 Å². The lowest BCUT2D eigenvalue weighted by Crippen LogP contribution is -2.19. The Morgan fingerprint density at radius 2 is 1.84 bits per heavy atom. The predicted octanol–water partition coefficient (Wildman–Crippen LogP) is 7.35. The quantitative estimate of drug-likeness (QED) is 0.277. The molecule has 2 heterocycles. The van der Waals surface area contributed by atoms with E-state index in [9.17, 15) is 9.59 Å². The molecule has 2 atom stereocenters. The third-order valence-electron chi connectivity index (χ3n) is 7.28. The summed E-state index contributed by atoms with van der Waals surface area (Å²) in [5.74, 6) is 0.720. The molecule has 3 nitrogen and oxygen atoms in total. The zero-order chi connectivity index (χ0) is 22.8. The van der Waals surface area contributed by atoms with E-state index in [1.165, 1.54) is 53.5 Å². The van der Waals surface area contributed by atoms with E-state index in [1.807, 2.05) is 6.07 Å². The van der Waals surface area contributed by atoms with Crippen LogP contribution in [0.25, 0.3) is 22.2 Å². The summed E-state index contributed by atoms with van der Waals surface area (Å²) < 4.78 is 2.36. The number of rotatable bonds is 8. The van der Waals surface area contributed by atoms with Crippen molar-refractivity contribution < 1.29 is 9.59 Å². The van der Waals surface area contributed by atoms with Crippen molar-refractivity contribution in [1.82, 2.24) is 4.57 Å². The van der Waals surface area contributed by atoms with Gasteiger partial charge < -0.3 is 4.57 Å². The van der Waals surface area contributed by atoms with Crippen LogP contribution in [0.3, 0.4) is 0 Å². The Hall–Kier alpha value is -2.68. The van der Waals surface area contributed by atoms with Crippen molar-refractivity contribution in [3.8, 4) is 11.3 Å². The molecular formula is C29H35NO2. The summed E-state index contributed by atoms with van der Waals surface area (Å²) in [5, 5.41) is 1.24. The molecule has 0 spiro atoms. The van der Waals surface area contributed by atoms with Crippen LogP contribution in [0.4, 0.5) is 0 Å². The second-order valence-electron chi connectivity index (χ2n) is 9.43. The van der Waals surface area contributed by atoms with Gasteiger partial charge in [-0.25, -0.2) is 0 Å². The van der Waals surface area contributed by atoms with Crippen molar-refractivity contribution in [2.75, 3.05) is 0 Å². The molecule has 0 saturated heterocycles. The zero-order valence-electron chi connectivity index (χ0n) is 19.9. The number of hydrogen-bond donors (Lipinski definition) is 0. The van der Waals surface area contributed by atoms with Crippen molar-refractivity contribution in [2.24, 2.45) is 5.92 Å². The van der Waals surface area contributed by atoms with Crippen LogP contribution in [0.1, 0.15) is 87.2 Å². The Kier molecular flexibility index (Phi) is 6.64. The van der Waals surface area contributed by atoms with Gasteiger partial charge in [-0.2, -0.15) is 0 Å². The van der Waals surface area contributed by atoms with E-state index in [2.05, 4.69) is 54.8 Å². The van der Waals surface area contributed by atoms with E-state index in [0.29, 0.717) is 12.5 Å². The largest absolute Gasteiger partial charge is 0.339 e. The van der Waals surface area contributed by atoms with Gasteiger partial charge in [-0.1, -0.05) is 69.5 Å². The summed E-state index contributed by atoms with van der Waals surface area (Å²) >= 11 is 0. The van der Waals surface area contributed by atoms with Crippen LogP contribution in [-0.4, -0.2) is 16.1 Å². The first kappa shape index (κ1) is 22.5. The second-order valence-corrected chi connectivity index (χ2v) is 9.43. The topological polar surface area (TPSA) is 39.1 Å². The minimum absolute atomic E-state index is 0.0537. The maximum absolute atomic E-state index is 12.6. The molecule has 2 unspecified atom stereocenters. The molecule has 0 bridgehead atoms. The molecule has 4 rings (SSSR count). The molecule has 0 saturated carbocycles. The molecule has 0 radical (unpaired) electrons. The minimum Gasteiger partial charge on any atom is -0.339 e. The first-order valence-electron chi connectivity index (χ1n) is 12.2. The summed E-state index contributed by atoms with van der Waals surface area (Å²) in [4.78, 5) is 24.8. The molecule has 32 heavy (non-hydrogen) atoms. The Balaban J connectivity index is 2.03. The van der Waals surface area contributed by atoms with Crippen molar-refractivity contribution >= 4 is 22.5 Å². The van der Waals surface area contributed by atoms with E-state index in [1.54, 1.807) is 13.8 Å². The van der Waals surface area contributed by atoms with E-state index >= 15 is 0 Å². The Labute approximate surface area is 191 Å². The number of fused-ring (bicyclic) bond motifs is 5. The summed E-state index contributed by atoms with van der Waals surface area (Å²) in [6, 6.07) is 14.8. The Morgan fingerprint density at radius 1 is 1.06 bits per heavy atom. The first-order valence-corrected chi connectivity index (χ1v) is 12.2.